The summed E-state index contributed by atoms with van der Waals surface area (Å²) in [7, 11) is 0. The highest BCUT2D eigenvalue weighted by Gasteiger charge is 2.14. The summed E-state index contributed by atoms with van der Waals surface area (Å²) in [5.41, 5.74) is 0.439. The normalized spacial score (nSPS) is 10.7. The maximum absolute atomic E-state index is 11.5. The first-order chi connectivity index (χ1) is 8.74. The van der Waals surface area contributed by atoms with Crippen molar-refractivity contribution >= 4 is 28.5 Å². The fraction of sp³-hybridized carbons (Fsp3) is 0.267. The van der Waals surface area contributed by atoms with Gasteiger partial charge in [0.2, 0.25) is 0 Å². The van der Waals surface area contributed by atoms with Crippen LogP contribution in [0.15, 0.2) is 41.3 Å². The number of carbonyl (C=O) groups is 1. The van der Waals surface area contributed by atoms with Crippen molar-refractivity contribution in [3.63, 3.8) is 0 Å². The Morgan fingerprint density at radius 1 is 1.22 bits per heavy atom. The maximum Gasteiger partial charge on any atom is 0.337 e. The van der Waals surface area contributed by atoms with Crippen molar-refractivity contribution in [2.75, 3.05) is 5.75 Å². The zero-order valence-electron chi connectivity index (χ0n) is 10.3. The zero-order chi connectivity index (χ0) is 13.0. The number of carboxylic acid groups (broad SMARTS) is 1. The first-order valence-corrected chi connectivity index (χ1v) is 7.10. The van der Waals surface area contributed by atoms with Gasteiger partial charge in [0.15, 0.2) is 0 Å². The van der Waals surface area contributed by atoms with Gasteiger partial charge in [-0.15, -0.1) is 11.8 Å². The highest BCUT2D eigenvalue weighted by molar-refractivity contribution is 7.99. The van der Waals surface area contributed by atoms with Gasteiger partial charge in [0, 0.05) is 4.90 Å². The molecule has 0 aromatic heterocycles. The van der Waals surface area contributed by atoms with Crippen LogP contribution in [-0.2, 0) is 0 Å². The minimum Gasteiger partial charge on any atom is -0.478 e. The number of fused-ring (bicyclic) bond motifs is 1. The fourth-order valence-electron chi connectivity index (χ4n) is 1.92. The second kappa shape index (κ2) is 5.91. The lowest BCUT2D eigenvalue weighted by Crippen LogP contribution is -2.00. The van der Waals surface area contributed by atoms with E-state index in [4.69, 9.17) is 0 Å². The predicted octanol–water partition coefficient (Wildman–Crippen LogP) is 4.43. The largest absolute Gasteiger partial charge is 0.478 e. The van der Waals surface area contributed by atoms with Gasteiger partial charge in [-0.25, -0.2) is 4.79 Å². The van der Waals surface area contributed by atoms with Gasteiger partial charge < -0.3 is 5.11 Å². The van der Waals surface area contributed by atoms with E-state index in [-0.39, 0.29) is 0 Å². The number of carboxylic acids is 1. The van der Waals surface area contributed by atoms with Crippen LogP contribution in [0.5, 0.6) is 0 Å². The predicted molar refractivity (Wildman–Crippen MR) is 76.5 cm³/mol. The average Bonchev–Trinajstić information content (AvgIpc) is 2.38. The lowest BCUT2D eigenvalue weighted by molar-refractivity contribution is 0.0695. The molecule has 2 nitrogen and oxygen atoms in total. The highest BCUT2D eigenvalue weighted by Crippen LogP contribution is 2.30. The summed E-state index contributed by atoms with van der Waals surface area (Å²) in [5, 5.41) is 11.2. The Kier molecular flexibility index (Phi) is 4.26. The van der Waals surface area contributed by atoms with Crippen LogP contribution in [0.1, 0.15) is 30.1 Å². The van der Waals surface area contributed by atoms with Gasteiger partial charge in [0.05, 0.1) is 5.56 Å². The molecule has 0 unspecified atom stereocenters. The molecule has 2 aromatic carbocycles. The summed E-state index contributed by atoms with van der Waals surface area (Å²) in [6, 6.07) is 11.6. The molecule has 18 heavy (non-hydrogen) atoms. The molecule has 0 aliphatic rings. The molecule has 0 bridgehead atoms. The lowest BCUT2D eigenvalue weighted by atomic mass is 10.0. The van der Waals surface area contributed by atoms with E-state index in [0.29, 0.717) is 5.56 Å². The minimum atomic E-state index is -0.842. The van der Waals surface area contributed by atoms with E-state index in [2.05, 4.69) is 6.92 Å². The lowest BCUT2D eigenvalue weighted by Gasteiger charge is -2.09. The minimum absolute atomic E-state index is 0.439. The molecule has 0 amide bonds. The van der Waals surface area contributed by atoms with Crippen LogP contribution in [0, 0.1) is 0 Å². The van der Waals surface area contributed by atoms with Crippen molar-refractivity contribution in [3.05, 3.63) is 42.0 Å². The number of hydrogen-bond acceptors (Lipinski definition) is 2. The van der Waals surface area contributed by atoms with Gasteiger partial charge in [-0.3, -0.25) is 0 Å². The monoisotopic (exact) mass is 260 g/mol. The van der Waals surface area contributed by atoms with E-state index < -0.39 is 5.97 Å². The summed E-state index contributed by atoms with van der Waals surface area (Å²) in [6.07, 6.45) is 2.24. The molecule has 0 heterocycles. The fourth-order valence-corrected chi connectivity index (χ4v) is 3.08. The molecule has 3 heteroatoms. The SMILES string of the molecule is CCCCSc1ccc2ccccc2c1C(=O)O. The highest BCUT2D eigenvalue weighted by atomic mass is 32.2. The van der Waals surface area contributed by atoms with E-state index in [0.717, 1.165) is 34.3 Å². The van der Waals surface area contributed by atoms with Crippen molar-refractivity contribution in [2.24, 2.45) is 0 Å². The van der Waals surface area contributed by atoms with Crippen molar-refractivity contribution in [2.45, 2.75) is 24.7 Å². The third kappa shape index (κ3) is 2.67. The van der Waals surface area contributed by atoms with E-state index in [9.17, 15) is 9.90 Å². The molecule has 0 aliphatic heterocycles. The summed E-state index contributed by atoms with van der Waals surface area (Å²) >= 11 is 1.63. The van der Waals surface area contributed by atoms with Crippen LogP contribution in [0.4, 0.5) is 0 Å². The third-order valence-electron chi connectivity index (χ3n) is 2.86. The van der Waals surface area contributed by atoms with Crippen LogP contribution in [-0.4, -0.2) is 16.8 Å². The number of benzene rings is 2. The van der Waals surface area contributed by atoms with E-state index in [1.54, 1.807) is 11.8 Å². The Hall–Kier alpha value is -1.48. The number of hydrogen-bond donors (Lipinski definition) is 1. The summed E-state index contributed by atoms with van der Waals surface area (Å²) in [5.74, 6) is 0.126. The van der Waals surface area contributed by atoms with Gasteiger partial charge in [-0.1, -0.05) is 43.7 Å². The van der Waals surface area contributed by atoms with Crippen molar-refractivity contribution in [1.29, 1.82) is 0 Å². The molecule has 1 N–H and O–H groups in total. The van der Waals surface area contributed by atoms with Gasteiger partial charge in [0.1, 0.15) is 0 Å². The zero-order valence-corrected chi connectivity index (χ0v) is 11.2. The Labute approximate surface area is 111 Å². The van der Waals surface area contributed by atoms with Crippen molar-refractivity contribution in [3.8, 4) is 0 Å². The second-order valence-electron chi connectivity index (χ2n) is 4.17. The van der Waals surface area contributed by atoms with Crippen molar-refractivity contribution < 1.29 is 9.90 Å². The van der Waals surface area contributed by atoms with Crippen LogP contribution in [0.25, 0.3) is 10.8 Å². The van der Waals surface area contributed by atoms with E-state index >= 15 is 0 Å². The molecule has 0 saturated heterocycles. The van der Waals surface area contributed by atoms with Gasteiger partial charge in [-0.05, 0) is 29.0 Å². The maximum atomic E-state index is 11.5. The first kappa shape index (κ1) is 13.0. The van der Waals surface area contributed by atoms with E-state index in [1.807, 2.05) is 36.4 Å². The van der Waals surface area contributed by atoms with Crippen LogP contribution < -0.4 is 0 Å². The first-order valence-electron chi connectivity index (χ1n) is 6.12. The molecule has 0 atom stereocenters. The van der Waals surface area contributed by atoms with E-state index in [1.165, 1.54) is 0 Å². The molecule has 94 valence electrons. The molecule has 0 radical (unpaired) electrons. The van der Waals surface area contributed by atoms with Gasteiger partial charge in [-0.2, -0.15) is 0 Å². The molecule has 0 fully saturated rings. The quantitative estimate of drug-likeness (QED) is 0.638. The van der Waals surface area contributed by atoms with Gasteiger partial charge in [0.25, 0.3) is 0 Å². The standard InChI is InChI=1S/C15H16O2S/c1-2-3-10-18-13-9-8-11-6-4-5-7-12(11)14(13)15(16)17/h4-9H,2-3,10H2,1H3,(H,16,17). The topological polar surface area (TPSA) is 37.3 Å². The molecular weight excluding hydrogens is 244 g/mol. The molecule has 0 aliphatic carbocycles. The molecule has 2 aromatic rings. The Morgan fingerprint density at radius 3 is 2.72 bits per heavy atom. The summed E-state index contributed by atoms with van der Waals surface area (Å²) in [4.78, 5) is 12.3. The number of rotatable bonds is 5. The Bertz CT molecular complexity index is 563. The van der Waals surface area contributed by atoms with Crippen LogP contribution in [0.3, 0.4) is 0 Å². The number of unbranched alkanes of at least 4 members (excludes halogenated alkanes) is 1. The smallest absolute Gasteiger partial charge is 0.337 e. The third-order valence-corrected chi connectivity index (χ3v) is 4.00. The van der Waals surface area contributed by atoms with Crippen molar-refractivity contribution in [1.82, 2.24) is 0 Å². The summed E-state index contributed by atoms with van der Waals surface area (Å²) < 4.78 is 0. The Morgan fingerprint density at radius 2 is 2.00 bits per heavy atom. The molecule has 0 saturated carbocycles. The number of aromatic carboxylic acids is 1. The Balaban J connectivity index is 2.46. The molecular formula is C15H16O2S. The van der Waals surface area contributed by atoms with Gasteiger partial charge >= 0.3 is 5.97 Å². The number of thioether (sulfide) groups is 1. The van der Waals surface area contributed by atoms with Crippen LogP contribution in [0.2, 0.25) is 0 Å². The second-order valence-corrected chi connectivity index (χ2v) is 5.30. The molecule has 0 spiro atoms. The van der Waals surface area contributed by atoms with Crippen LogP contribution >= 0.6 is 11.8 Å². The average molecular weight is 260 g/mol. The molecule has 2 rings (SSSR count). The summed E-state index contributed by atoms with van der Waals surface area (Å²) in [6.45, 7) is 2.14.